The van der Waals surface area contributed by atoms with Crippen LogP contribution < -0.4 is 20.9 Å². The lowest BCUT2D eigenvalue weighted by Gasteiger charge is -2.54. The Hall–Kier alpha value is -3.14. The molecule has 3 aromatic rings. The SMILES string of the molecule is Nc1ccccc1Oc1ccc(Oc2ccccc2N)c(C2C3CC4CC(C3)CC2C4)c1. The molecule has 4 bridgehead atoms. The first-order chi connectivity index (χ1) is 15.6. The molecule has 0 saturated heterocycles. The minimum absolute atomic E-state index is 0.513. The van der Waals surface area contributed by atoms with Gasteiger partial charge in [0.2, 0.25) is 0 Å². The van der Waals surface area contributed by atoms with Crippen molar-refractivity contribution in [2.24, 2.45) is 23.7 Å². The monoisotopic (exact) mass is 426 g/mol. The van der Waals surface area contributed by atoms with Crippen molar-refractivity contribution >= 4 is 11.4 Å². The van der Waals surface area contributed by atoms with Crippen molar-refractivity contribution in [1.82, 2.24) is 0 Å². The number of rotatable bonds is 5. The van der Waals surface area contributed by atoms with Crippen LogP contribution in [0.2, 0.25) is 0 Å². The van der Waals surface area contributed by atoms with E-state index in [1.807, 2.05) is 60.7 Å². The van der Waals surface area contributed by atoms with E-state index in [0.717, 1.165) is 35.2 Å². The molecular weight excluding hydrogens is 396 g/mol. The summed E-state index contributed by atoms with van der Waals surface area (Å²) in [5, 5.41) is 0. The van der Waals surface area contributed by atoms with Crippen LogP contribution >= 0.6 is 0 Å². The molecule has 3 aromatic carbocycles. The Morgan fingerprint density at radius 1 is 0.594 bits per heavy atom. The number of para-hydroxylation sites is 4. The largest absolute Gasteiger partial charge is 0.455 e. The molecule has 0 aromatic heterocycles. The van der Waals surface area contributed by atoms with Gasteiger partial charge < -0.3 is 20.9 Å². The molecule has 0 amide bonds. The van der Waals surface area contributed by atoms with Crippen LogP contribution in [0.5, 0.6) is 23.0 Å². The Morgan fingerprint density at radius 2 is 1.16 bits per heavy atom. The van der Waals surface area contributed by atoms with Gasteiger partial charge in [0.25, 0.3) is 0 Å². The van der Waals surface area contributed by atoms with E-state index in [1.165, 1.54) is 37.7 Å². The second-order valence-corrected chi connectivity index (χ2v) is 9.94. The topological polar surface area (TPSA) is 70.5 Å². The highest BCUT2D eigenvalue weighted by atomic mass is 16.5. The van der Waals surface area contributed by atoms with E-state index in [-0.39, 0.29) is 0 Å². The quantitative estimate of drug-likeness (QED) is 0.432. The van der Waals surface area contributed by atoms with E-state index in [1.54, 1.807) is 0 Å². The Bertz CT molecular complexity index is 1110. The van der Waals surface area contributed by atoms with Crippen LogP contribution in [0.3, 0.4) is 0 Å². The smallest absolute Gasteiger partial charge is 0.150 e. The summed E-state index contributed by atoms with van der Waals surface area (Å²) >= 11 is 0. The minimum atomic E-state index is 0.513. The van der Waals surface area contributed by atoms with Crippen molar-refractivity contribution in [3.05, 3.63) is 72.3 Å². The van der Waals surface area contributed by atoms with E-state index < -0.39 is 0 Å². The Balaban J connectivity index is 1.39. The van der Waals surface area contributed by atoms with Gasteiger partial charge in [-0.1, -0.05) is 24.3 Å². The van der Waals surface area contributed by atoms with Crippen molar-refractivity contribution in [2.75, 3.05) is 11.5 Å². The summed E-state index contributed by atoms with van der Waals surface area (Å²) in [6.07, 6.45) is 6.84. The second-order valence-electron chi connectivity index (χ2n) is 9.94. The average molecular weight is 427 g/mol. The molecule has 4 nitrogen and oxygen atoms in total. The molecule has 4 heteroatoms. The third kappa shape index (κ3) is 3.48. The van der Waals surface area contributed by atoms with Gasteiger partial charge >= 0.3 is 0 Å². The number of benzene rings is 3. The lowest BCUT2D eigenvalue weighted by molar-refractivity contribution is -0.00339. The summed E-state index contributed by atoms with van der Waals surface area (Å²) in [5.74, 6) is 6.92. The highest BCUT2D eigenvalue weighted by Crippen LogP contribution is 2.61. The molecule has 164 valence electrons. The minimum Gasteiger partial charge on any atom is -0.455 e. The van der Waals surface area contributed by atoms with Crippen molar-refractivity contribution < 1.29 is 9.47 Å². The summed E-state index contributed by atoms with van der Waals surface area (Å²) in [6.45, 7) is 0. The molecule has 4 aliphatic carbocycles. The second kappa shape index (κ2) is 7.77. The number of nitrogens with two attached hydrogens (primary N) is 2. The number of anilines is 2. The van der Waals surface area contributed by atoms with Gasteiger partial charge in [-0.3, -0.25) is 0 Å². The third-order valence-corrected chi connectivity index (χ3v) is 7.85. The van der Waals surface area contributed by atoms with E-state index in [9.17, 15) is 0 Å². The predicted octanol–water partition coefficient (Wildman–Crippen LogP) is 6.98. The van der Waals surface area contributed by atoms with E-state index in [4.69, 9.17) is 20.9 Å². The van der Waals surface area contributed by atoms with Gasteiger partial charge in [-0.25, -0.2) is 0 Å². The van der Waals surface area contributed by atoms with E-state index in [0.29, 0.717) is 28.8 Å². The van der Waals surface area contributed by atoms with Crippen LogP contribution in [-0.2, 0) is 0 Å². The summed E-state index contributed by atoms with van der Waals surface area (Å²) in [7, 11) is 0. The number of nitrogen functional groups attached to an aromatic ring is 2. The number of hydrogen-bond donors (Lipinski definition) is 2. The fourth-order valence-electron chi connectivity index (χ4n) is 6.77. The van der Waals surface area contributed by atoms with Gasteiger partial charge in [0.05, 0.1) is 11.4 Å². The molecule has 0 atom stereocenters. The zero-order chi connectivity index (χ0) is 21.7. The molecule has 4 saturated carbocycles. The molecule has 4 aliphatic rings. The maximum absolute atomic E-state index is 6.42. The maximum Gasteiger partial charge on any atom is 0.150 e. The number of hydrogen-bond acceptors (Lipinski definition) is 4. The molecule has 0 heterocycles. The Labute approximate surface area is 189 Å². The van der Waals surface area contributed by atoms with Crippen molar-refractivity contribution in [3.8, 4) is 23.0 Å². The molecule has 32 heavy (non-hydrogen) atoms. The molecule has 4 N–H and O–H groups in total. The van der Waals surface area contributed by atoms with Crippen LogP contribution in [0.1, 0.15) is 43.6 Å². The first-order valence-electron chi connectivity index (χ1n) is 11.8. The highest BCUT2D eigenvalue weighted by Gasteiger charge is 2.49. The molecule has 4 fully saturated rings. The fourth-order valence-corrected chi connectivity index (χ4v) is 6.77. The summed E-state index contributed by atoms with van der Waals surface area (Å²) < 4.78 is 12.6. The highest BCUT2D eigenvalue weighted by molar-refractivity contribution is 5.57. The van der Waals surface area contributed by atoms with Crippen molar-refractivity contribution in [2.45, 2.75) is 38.0 Å². The molecule has 0 spiro atoms. The van der Waals surface area contributed by atoms with Gasteiger partial charge in [-0.2, -0.15) is 0 Å². The van der Waals surface area contributed by atoms with E-state index >= 15 is 0 Å². The van der Waals surface area contributed by atoms with Gasteiger partial charge in [-0.15, -0.1) is 0 Å². The van der Waals surface area contributed by atoms with Crippen LogP contribution in [0, 0.1) is 23.7 Å². The Kier molecular flexibility index (Phi) is 4.74. The van der Waals surface area contributed by atoms with Crippen LogP contribution in [-0.4, -0.2) is 0 Å². The van der Waals surface area contributed by atoms with Crippen LogP contribution in [0.15, 0.2) is 66.7 Å². The first-order valence-corrected chi connectivity index (χ1v) is 11.8. The van der Waals surface area contributed by atoms with Gasteiger partial charge in [0, 0.05) is 5.56 Å². The molecular formula is C28H30N2O2. The summed E-state index contributed by atoms with van der Waals surface area (Å²) in [4.78, 5) is 0. The standard InChI is InChI=1S/C28H30N2O2/c29-23-5-1-3-7-26(23)31-21-9-10-25(32-27-8-4-2-6-24(27)30)22(16-21)28-19-12-17-11-18(14-19)15-20(28)13-17/h1-10,16-20,28H,11-15,29-30H2. The molecule has 0 unspecified atom stereocenters. The van der Waals surface area contributed by atoms with Gasteiger partial charge in [-0.05, 0) is 104 Å². The van der Waals surface area contributed by atoms with Gasteiger partial charge in [0.15, 0.2) is 0 Å². The number of ether oxygens (including phenoxy) is 2. The zero-order valence-corrected chi connectivity index (χ0v) is 18.2. The fraction of sp³-hybridized carbons (Fsp3) is 0.357. The molecule has 0 aliphatic heterocycles. The Morgan fingerprint density at radius 3 is 1.75 bits per heavy atom. The summed E-state index contributed by atoms with van der Waals surface area (Å²) in [6, 6.07) is 21.6. The normalized spacial score (nSPS) is 27.9. The van der Waals surface area contributed by atoms with Crippen molar-refractivity contribution in [3.63, 3.8) is 0 Å². The van der Waals surface area contributed by atoms with Crippen molar-refractivity contribution in [1.29, 1.82) is 0 Å². The van der Waals surface area contributed by atoms with Crippen LogP contribution in [0.4, 0.5) is 11.4 Å². The zero-order valence-electron chi connectivity index (χ0n) is 18.2. The third-order valence-electron chi connectivity index (χ3n) is 7.85. The average Bonchev–Trinajstić information content (AvgIpc) is 2.78. The lowest BCUT2D eigenvalue weighted by Crippen LogP contribution is -2.43. The predicted molar refractivity (Wildman–Crippen MR) is 128 cm³/mol. The lowest BCUT2D eigenvalue weighted by atomic mass is 9.50. The summed E-state index contributed by atoms with van der Waals surface area (Å²) in [5.41, 5.74) is 14.9. The first kappa shape index (κ1) is 19.5. The maximum atomic E-state index is 6.42. The molecule has 0 radical (unpaired) electrons. The van der Waals surface area contributed by atoms with Crippen LogP contribution in [0.25, 0.3) is 0 Å². The van der Waals surface area contributed by atoms with E-state index in [2.05, 4.69) is 6.07 Å². The molecule has 7 rings (SSSR count). The van der Waals surface area contributed by atoms with Gasteiger partial charge in [0.1, 0.15) is 23.0 Å².